The highest BCUT2D eigenvalue weighted by molar-refractivity contribution is 14.1. The molecule has 1 nitrogen and oxygen atoms in total. The fourth-order valence-corrected chi connectivity index (χ4v) is 3.23. The molecule has 0 atom stereocenters. The average molecular weight is 281 g/mol. The van der Waals surface area contributed by atoms with Crippen LogP contribution >= 0.6 is 22.6 Å². The summed E-state index contributed by atoms with van der Waals surface area (Å²) < 4.78 is 0.462. The van der Waals surface area contributed by atoms with Gasteiger partial charge in [0.1, 0.15) is 0 Å². The highest BCUT2D eigenvalue weighted by Gasteiger charge is 2.33. The molecule has 0 spiro atoms. The number of alkyl halides is 1. The molecule has 1 rings (SSSR count). The van der Waals surface area contributed by atoms with E-state index in [0.717, 1.165) is 0 Å². The van der Waals surface area contributed by atoms with Gasteiger partial charge in [-0.05, 0) is 33.7 Å². The van der Waals surface area contributed by atoms with Gasteiger partial charge in [-0.15, -0.1) is 0 Å². The van der Waals surface area contributed by atoms with Gasteiger partial charge in [0.2, 0.25) is 0 Å². The number of hydrogen-bond acceptors (Lipinski definition) is 1. The third-order valence-electron chi connectivity index (χ3n) is 3.03. The molecule has 0 radical (unpaired) electrons. The Morgan fingerprint density at radius 1 is 1.17 bits per heavy atom. The molecule has 0 aromatic heterocycles. The van der Waals surface area contributed by atoms with E-state index in [2.05, 4.69) is 48.4 Å². The van der Waals surface area contributed by atoms with Crippen LogP contribution in [0.2, 0.25) is 0 Å². The average Bonchev–Trinajstić information content (AvgIpc) is 2.04. The lowest BCUT2D eigenvalue weighted by molar-refractivity contribution is 0.141. The van der Waals surface area contributed by atoms with Gasteiger partial charge in [-0.1, -0.05) is 41.9 Å². The van der Waals surface area contributed by atoms with E-state index in [1.807, 2.05) is 0 Å². The topological polar surface area (TPSA) is 3.24 Å². The summed E-state index contributed by atoms with van der Waals surface area (Å²) in [6.45, 7) is 4.57. The number of hydrogen-bond donors (Lipinski definition) is 0. The predicted molar refractivity (Wildman–Crippen MR) is 62.7 cm³/mol. The van der Waals surface area contributed by atoms with Crippen molar-refractivity contribution >= 4 is 22.6 Å². The van der Waals surface area contributed by atoms with Crippen molar-refractivity contribution in [3.8, 4) is 0 Å². The summed E-state index contributed by atoms with van der Waals surface area (Å²) in [4.78, 5) is 2.53. The molecule has 0 bridgehead atoms. The van der Waals surface area contributed by atoms with Gasteiger partial charge in [-0.25, -0.2) is 0 Å². The maximum Gasteiger partial charge on any atom is 0.0730 e. The third-order valence-corrected chi connectivity index (χ3v) is 4.87. The highest BCUT2D eigenvalue weighted by Crippen LogP contribution is 2.39. The Labute approximate surface area is 90.0 Å². The first-order valence-electron chi connectivity index (χ1n) is 4.98. The van der Waals surface area contributed by atoms with Crippen LogP contribution in [0, 0.1) is 0 Å². The number of halogens is 1. The van der Waals surface area contributed by atoms with Crippen LogP contribution in [0.1, 0.15) is 46.0 Å². The first kappa shape index (κ1) is 10.8. The second-order valence-electron chi connectivity index (χ2n) is 4.18. The Hall–Kier alpha value is 0.690. The quantitative estimate of drug-likeness (QED) is 0.426. The Balaban J connectivity index is 2.56. The maximum absolute atomic E-state index is 2.66. The Morgan fingerprint density at radius 2 is 1.67 bits per heavy atom. The lowest BCUT2D eigenvalue weighted by Crippen LogP contribution is -2.46. The molecular formula is C10H20IN. The van der Waals surface area contributed by atoms with Gasteiger partial charge < -0.3 is 0 Å². The molecule has 0 aliphatic heterocycles. The zero-order valence-corrected chi connectivity index (χ0v) is 10.6. The summed E-state index contributed by atoms with van der Waals surface area (Å²) in [6.07, 6.45) is 7.03. The van der Waals surface area contributed by atoms with Crippen LogP contribution in [0.25, 0.3) is 0 Å². The summed E-state index contributed by atoms with van der Waals surface area (Å²) in [5.41, 5.74) is 0. The summed E-state index contributed by atoms with van der Waals surface area (Å²) in [5.74, 6) is 0. The van der Waals surface area contributed by atoms with Crippen LogP contribution in [0.3, 0.4) is 0 Å². The van der Waals surface area contributed by atoms with Crippen molar-refractivity contribution in [3.05, 3.63) is 0 Å². The zero-order valence-electron chi connectivity index (χ0n) is 8.44. The summed E-state index contributed by atoms with van der Waals surface area (Å²) in [6, 6.07) is 0.681. The van der Waals surface area contributed by atoms with Gasteiger partial charge in [-0.3, -0.25) is 4.90 Å². The molecule has 0 N–H and O–H groups in total. The van der Waals surface area contributed by atoms with Crippen LogP contribution in [-0.4, -0.2) is 21.5 Å². The van der Waals surface area contributed by atoms with Crippen LogP contribution in [-0.2, 0) is 0 Å². The van der Waals surface area contributed by atoms with Crippen molar-refractivity contribution in [2.75, 3.05) is 7.05 Å². The van der Waals surface area contributed by atoms with E-state index >= 15 is 0 Å². The first-order valence-corrected chi connectivity index (χ1v) is 6.06. The van der Waals surface area contributed by atoms with Crippen molar-refractivity contribution in [2.24, 2.45) is 0 Å². The molecule has 0 saturated heterocycles. The molecule has 1 fully saturated rings. The molecule has 72 valence electrons. The zero-order chi connectivity index (χ0) is 9.19. The van der Waals surface area contributed by atoms with Crippen LogP contribution in [0.5, 0.6) is 0 Å². The van der Waals surface area contributed by atoms with E-state index in [9.17, 15) is 0 Å². The second-order valence-corrected chi connectivity index (χ2v) is 6.19. The van der Waals surface area contributed by atoms with Gasteiger partial charge in [0.25, 0.3) is 0 Å². The summed E-state index contributed by atoms with van der Waals surface area (Å²) >= 11 is 2.66. The Bertz CT molecular complexity index is 139. The van der Waals surface area contributed by atoms with Gasteiger partial charge in [0, 0.05) is 6.04 Å². The predicted octanol–water partition coefficient (Wildman–Crippen LogP) is 3.42. The van der Waals surface area contributed by atoms with E-state index in [0.29, 0.717) is 9.59 Å². The molecule has 0 heterocycles. The van der Waals surface area contributed by atoms with Crippen LogP contribution in [0.4, 0.5) is 0 Å². The minimum absolute atomic E-state index is 0.462. The fourth-order valence-electron chi connectivity index (χ4n) is 1.91. The van der Waals surface area contributed by atoms with E-state index in [4.69, 9.17) is 0 Å². The van der Waals surface area contributed by atoms with Crippen molar-refractivity contribution in [1.82, 2.24) is 4.90 Å². The maximum atomic E-state index is 2.66. The molecule has 2 heteroatoms. The minimum Gasteiger partial charge on any atom is -0.290 e. The highest BCUT2D eigenvalue weighted by atomic mass is 127. The lowest BCUT2D eigenvalue weighted by Gasteiger charge is -2.42. The minimum atomic E-state index is 0.462. The lowest BCUT2D eigenvalue weighted by atomic mass is 9.94. The van der Waals surface area contributed by atoms with E-state index in [1.165, 1.54) is 32.1 Å². The molecular weight excluding hydrogens is 261 g/mol. The molecule has 1 aliphatic rings. The Morgan fingerprint density at radius 3 is 2.08 bits per heavy atom. The molecule has 0 aromatic rings. The van der Waals surface area contributed by atoms with Gasteiger partial charge in [0.15, 0.2) is 0 Å². The van der Waals surface area contributed by atoms with Crippen molar-refractivity contribution in [2.45, 2.75) is 55.5 Å². The Kier molecular flexibility index (Phi) is 3.83. The molecule has 1 aliphatic carbocycles. The van der Waals surface area contributed by atoms with Gasteiger partial charge in [-0.2, -0.15) is 0 Å². The SMILES string of the molecule is CC(C)N(C)C1(I)CCCCC1. The standard InChI is InChI=1S/C10H20IN/c1-9(2)12(3)10(11)7-5-4-6-8-10/h9H,4-8H2,1-3H3. The van der Waals surface area contributed by atoms with Crippen molar-refractivity contribution in [3.63, 3.8) is 0 Å². The molecule has 0 aromatic carbocycles. The van der Waals surface area contributed by atoms with Crippen LogP contribution in [0.15, 0.2) is 0 Å². The molecule has 0 unspecified atom stereocenters. The van der Waals surface area contributed by atoms with Gasteiger partial charge in [0.05, 0.1) is 3.55 Å². The van der Waals surface area contributed by atoms with E-state index < -0.39 is 0 Å². The monoisotopic (exact) mass is 281 g/mol. The van der Waals surface area contributed by atoms with E-state index in [-0.39, 0.29) is 0 Å². The summed E-state index contributed by atoms with van der Waals surface area (Å²) in [7, 11) is 2.27. The van der Waals surface area contributed by atoms with Crippen molar-refractivity contribution < 1.29 is 0 Å². The van der Waals surface area contributed by atoms with Crippen molar-refractivity contribution in [1.29, 1.82) is 0 Å². The largest absolute Gasteiger partial charge is 0.290 e. The molecule has 0 amide bonds. The molecule has 12 heavy (non-hydrogen) atoms. The normalized spacial score (nSPS) is 23.5. The fraction of sp³-hybridized carbons (Fsp3) is 1.00. The van der Waals surface area contributed by atoms with Crippen LogP contribution < -0.4 is 0 Å². The number of rotatable bonds is 2. The smallest absolute Gasteiger partial charge is 0.0730 e. The summed E-state index contributed by atoms with van der Waals surface area (Å²) in [5, 5.41) is 0. The van der Waals surface area contributed by atoms with E-state index in [1.54, 1.807) is 0 Å². The first-order chi connectivity index (χ1) is 5.56. The van der Waals surface area contributed by atoms with Gasteiger partial charge >= 0.3 is 0 Å². The third kappa shape index (κ3) is 2.34. The molecule has 1 saturated carbocycles. The number of nitrogens with zero attached hydrogens (tertiary/aromatic N) is 1. The second kappa shape index (κ2) is 4.27.